The Kier molecular flexibility index (Phi) is 4.40. The van der Waals surface area contributed by atoms with Crippen molar-refractivity contribution in [1.29, 1.82) is 0 Å². The zero-order chi connectivity index (χ0) is 13.1. The van der Waals surface area contributed by atoms with Crippen LogP contribution in [0.5, 0.6) is 11.5 Å². The second-order valence-corrected chi connectivity index (χ2v) is 5.85. The third-order valence-electron chi connectivity index (χ3n) is 2.37. The maximum atomic E-state index is 11.3. The summed E-state index contributed by atoms with van der Waals surface area (Å²) in [5, 5.41) is 0. The van der Waals surface area contributed by atoms with E-state index in [1.807, 2.05) is 24.3 Å². The lowest BCUT2D eigenvalue weighted by Gasteiger charge is -2.07. The van der Waals surface area contributed by atoms with Crippen LogP contribution in [0.2, 0.25) is 0 Å². The van der Waals surface area contributed by atoms with E-state index >= 15 is 0 Å². The minimum absolute atomic E-state index is 0.0303. The van der Waals surface area contributed by atoms with Gasteiger partial charge in [0.25, 0.3) is 0 Å². The Morgan fingerprint density at radius 2 is 1.72 bits per heavy atom. The predicted molar refractivity (Wildman–Crippen MR) is 83.4 cm³/mol. The van der Waals surface area contributed by atoms with E-state index in [1.165, 1.54) is 0 Å². The van der Waals surface area contributed by atoms with E-state index < -0.39 is 0 Å². The highest BCUT2D eigenvalue weighted by Gasteiger charge is 2.06. The van der Waals surface area contributed by atoms with Crippen molar-refractivity contribution in [1.82, 2.24) is 0 Å². The van der Waals surface area contributed by atoms with Crippen LogP contribution in [-0.4, -0.2) is 5.78 Å². The van der Waals surface area contributed by atoms with Crippen LogP contribution in [0.4, 0.5) is 0 Å². The van der Waals surface area contributed by atoms with Crippen molar-refractivity contribution < 1.29 is 9.53 Å². The first-order valence-corrected chi connectivity index (χ1v) is 7.17. The number of carbonyl (C=O) groups is 1. The molecule has 18 heavy (non-hydrogen) atoms. The largest absolute Gasteiger partial charge is 0.457 e. The standard InChI is InChI=1S/C14H10BrIO2/c1-9(17)13-7-6-12(8-14(13)15)18-11-4-2-10(16)3-5-11/h2-8H,1H3. The molecule has 4 heteroatoms. The third-order valence-corrected chi connectivity index (χ3v) is 3.74. The Bertz CT molecular complexity index is 579. The molecule has 0 fully saturated rings. The lowest BCUT2D eigenvalue weighted by molar-refractivity contribution is 0.101. The first-order valence-electron chi connectivity index (χ1n) is 5.30. The maximum Gasteiger partial charge on any atom is 0.160 e. The highest BCUT2D eigenvalue weighted by Crippen LogP contribution is 2.27. The SMILES string of the molecule is CC(=O)c1ccc(Oc2ccc(I)cc2)cc1Br. The predicted octanol–water partition coefficient (Wildman–Crippen LogP) is 5.05. The van der Waals surface area contributed by atoms with Gasteiger partial charge in [-0.05, 0) is 87.9 Å². The lowest BCUT2D eigenvalue weighted by Crippen LogP contribution is -1.94. The Morgan fingerprint density at radius 1 is 1.11 bits per heavy atom. The monoisotopic (exact) mass is 416 g/mol. The average Bonchev–Trinajstić information content (AvgIpc) is 2.32. The molecule has 0 aliphatic heterocycles. The fourth-order valence-electron chi connectivity index (χ4n) is 1.48. The summed E-state index contributed by atoms with van der Waals surface area (Å²) in [5.41, 5.74) is 0.657. The number of Topliss-reactive ketones (excluding diaryl/α,β-unsaturated/α-hetero) is 1. The van der Waals surface area contributed by atoms with Gasteiger partial charge in [0.15, 0.2) is 5.78 Å². The minimum atomic E-state index is 0.0303. The Hall–Kier alpha value is -0.880. The van der Waals surface area contributed by atoms with E-state index in [1.54, 1.807) is 25.1 Å². The second-order valence-electron chi connectivity index (χ2n) is 3.75. The highest BCUT2D eigenvalue weighted by atomic mass is 127. The molecule has 0 bridgehead atoms. The van der Waals surface area contributed by atoms with Crippen LogP contribution in [0.25, 0.3) is 0 Å². The summed E-state index contributed by atoms with van der Waals surface area (Å²) >= 11 is 5.61. The number of hydrogen-bond donors (Lipinski definition) is 0. The minimum Gasteiger partial charge on any atom is -0.457 e. The van der Waals surface area contributed by atoms with Crippen molar-refractivity contribution in [2.45, 2.75) is 6.92 Å². The molecule has 0 N–H and O–H groups in total. The lowest BCUT2D eigenvalue weighted by atomic mass is 10.1. The molecule has 0 spiro atoms. The van der Waals surface area contributed by atoms with Crippen molar-refractivity contribution in [2.75, 3.05) is 0 Å². The summed E-state index contributed by atoms with van der Waals surface area (Å²) in [5.74, 6) is 1.51. The van der Waals surface area contributed by atoms with Gasteiger partial charge in [0, 0.05) is 13.6 Å². The molecule has 0 saturated heterocycles. The molecule has 2 nitrogen and oxygen atoms in total. The summed E-state index contributed by atoms with van der Waals surface area (Å²) in [7, 11) is 0. The van der Waals surface area contributed by atoms with Crippen LogP contribution in [0.3, 0.4) is 0 Å². The van der Waals surface area contributed by atoms with Gasteiger partial charge in [0.2, 0.25) is 0 Å². The average molecular weight is 417 g/mol. The van der Waals surface area contributed by atoms with Crippen LogP contribution in [-0.2, 0) is 0 Å². The van der Waals surface area contributed by atoms with Gasteiger partial charge < -0.3 is 4.74 Å². The topological polar surface area (TPSA) is 26.3 Å². The molecule has 2 aromatic carbocycles. The van der Waals surface area contributed by atoms with Gasteiger partial charge in [0.05, 0.1) is 0 Å². The number of halogens is 2. The molecule has 0 radical (unpaired) electrons. The van der Waals surface area contributed by atoms with Crippen molar-refractivity contribution in [2.24, 2.45) is 0 Å². The fraction of sp³-hybridized carbons (Fsp3) is 0.0714. The molecule has 0 aromatic heterocycles. The van der Waals surface area contributed by atoms with Gasteiger partial charge in [-0.15, -0.1) is 0 Å². The van der Waals surface area contributed by atoms with E-state index in [-0.39, 0.29) is 5.78 Å². The summed E-state index contributed by atoms with van der Waals surface area (Å²) in [4.78, 5) is 11.3. The number of hydrogen-bond acceptors (Lipinski definition) is 2. The smallest absolute Gasteiger partial charge is 0.160 e. The normalized spacial score (nSPS) is 10.2. The Morgan fingerprint density at radius 3 is 2.28 bits per heavy atom. The number of ketones is 1. The summed E-state index contributed by atoms with van der Waals surface area (Å²) in [6.07, 6.45) is 0. The van der Waals surface area contributed by atoms with Gasteiger partial charge in [0.1, 0.15) is 11.5 Å². The zero-order valence-corrected chi connectivity index (χ0v) is 13.4. The van der Waals surface area contributed by atoms with Gasteiger partial charge in [-0.1, -0.05) is 0 Å². The van der Waals surface area contributed by atoms with E-state index in [0.717, 1.165) is 13.8 Å². The molecular weight excluding hydrogens is 407 g/mol. The van der Waals surface area contributed by atoms with Gasteiger partial charge >= 0.3 is 0 Å². The molecule has 2 aromatic rings. The molecule has 0 aliphatic carbocycles. The molecule has 2 rings (SSSR count). The molecule has 0 amide bonds. The highest BCUT2D eigenvalue weighted by molar-refractivity contribution is 14.1. The fourth-order valence-corrected chi connectivity index (χ4v) is 2.48. The van der Waals surface area contributed by atoms with Crippen molar-refractivity contribution >= 4 is 44.3 Å². The molecule has 92 valence electrons. The van der Waals surface area contributed by atoms with Crippen LogP contribution < -0.4 is 4.74 Å². The third kappa shape index (κ3) is 3.32. The number of benzene rings is 2. The first kappa shape index (κ1) is 13.5. The second kappa shape index (κ2) is 5.84. The van der Waals surface area contributed by atoms with E-state index in [9.17, 15) is 4.79 Å². The van der Waals surface area contributed by atoms with Crippen LogP contribution in [0.15, 0.2) is 46.9 Å². The summed E-state index contributed by atoms with van der Waals surface area (Å²) < 4.78 is 7.61. The van der Waals surface area contributed by atoms with Crippen LogP contribution in [0, 0.1) is 3.57 Å². The van der Waals surface area contributed by atoms with Crippen molar-refractivity contribution in [3.63, 3.8) is 0 Å². The first-order chi connectivity index (χ1) is 8.56. The van der Waals surface area contributed by atoms with Gasteiger partial charge in [-0.25, -0.2) is 0 Å². The van der Waals surface area contributed by atoms with Crippen molar-refractivity contribution in [3.05, 3.63) is 56.1 Å². The van der Waals surface area contributed by atoms with Gasteiger partial charge in [-0.3, -0.25) is 4.79 Å². The van der Waals surface area contributed by atoms with E-state index in [0.29, 0.717) is 11.3 Å². The van der Waals surface area contributed by atoms with E-state index in [2.05, 4.69) is 38.5 Å². The number of ether oxygens (including phenoxy) is 1. The zero-order valence-electron chi connectivity index (χ0n) is 9.61. The summed E-state index contributed by atoms with van der Waals surface area (Å²) in [6, 6.07) is 13.1. The molecule has 0 aliphatic rings. The van der Waals surface area contributed by atoms with Crippen molar-refractivity contribution in [3.8, 4) is 11.5 Å². The molecule has 0 unspecified atom stereocenters. The molecular formula is C14H10BrIO2. The number of rotatable bonds is 3. The Balaban J connectivity index is 2.22. The van der Waals surface area contributed by atoms with Crippen LogP contribution in [0.1, 0.15) is 17.3 Å². The maximum absolute atomic E-state index is 11.3. The Labute approximate surface area is 128 Å². The number of carbonyl (C=O) groups excluding carboxylic acids is 1. The molecule has 0 atom stereocenters. The molecule has 0 saturated carbocycles. The quantitative estimate of drug-likeness (QED) is 0.517. The summed E-state index contributed by atoms with van der Waals surface area (Å²) in [6.45, 7) is 1.54. The van der Waals surface area contributed by atoms with E-state index in [4.69, 9.17) is 4.74 Å². The van der Waals surface area contributed by atoms with Gasteiger partial charge in [-0.2, -0.15) is 0 Å². The molecule has 0 heterocycles. The van der Waals surface area contributed by atoms with Crippen LogP contribution >= 0.6 is 38.5 Å².